The quantitative estimate of drug-likeness (QED) is 0.288. The van der Waals surface area contributed by atoms with Crippen LogP contribution in [-0.4, -0.2) is 84.8 Å². The summed E-state index contributed by atoms with van der Waals surface area (Å²) in [5.41, 5.74) is 4.41. The van der Waals surface area contributed by atoms with Crippen LogP contribution < -0.4 is 5.32 Å². The minimum absolute atomic E-state index is 0.0405. The Morgan fingerprint density at radius 2 is 1.80 bits per heavy atom. The van der Waals surface area contributed by atoms with Crippen LogP contribution in [-0.2, 0) is 35.6 Å². The van der Waals surface area contributed by atoms with Crippen LogP contribution in [0.25, 0.3) is 11.1 Å². The summed E-state index contributed by atoms with van der Waals surface area (Å²) in [6, 6.07) is 9.97. The van der Waals surface area contributed by atoms with Crippen molar-refractivity contribution in [1.29, 1.82) is 0 Å². The summed E-state index contributed by atoms with van der Waals surface area (Å²) >= 11 is 1.28. The van der Waals surface area contributed by atoms with Crippen molar-refractivity contribution < 1.29 is 23.9 Å². The van der Waals surface area contributed by atoms with Crippen LogP contribution in [0, 0.1) is 5.82 Å². The zero-order chi connectivity index (χ0) is 31.1. The molecule has 45 heavy (non-hydrogen) atoms. The Balaban J connectivity index is 1.10. The number of hydrogen-bond donors (Lipinski definition) is 2. The van der Waals surface area contributed by atoms with Crippen molar-refractivity contribution in [2.75, 3.05) is 38.0 Å². The summed E-state index contributed by atoms with van der Waals surface area (Å²) in [6.07, 6.45) is 4.98. The first-order valence-electron chi connectivity index (χ1n) is 15.0. The van der Waals surface area contributed by atoms with Gasteiger partial charge in [0.1, 0.15) is 5.82 Å². The SMILES string of the molecule is O=C(O)CN1CCN(Cc2ccc(-c3cc(F)c4c(c3)C(=O)N(C(C(=O)Nc3nccs3)c3ncn5c3CCC5)C4)cc2)CC1. The number of benzene rings is 2. The first-order chi connectivity index (χ1) is 21.8. The number of aryl methyl sites for hydroxylation is 1. The van der Waals surface area contributed by atoms with Gasteiger partial charge in [-0.05, 0) is 41.7 Å². The molecule has 0 saturated carbocycles. The number of carbonyl (C=O) groups is 3. The second-order valence-corrected chi connectivity index (χ2v) is 12.6. The number of hydrogen-bond acceptors (Lipinski definition) is 8. The maximum atomic E-state index is 15.7. The van der Waals surface area contributed by atoms with Crippen molar-refractivity contribution in [2.24, 2.45) is 0 Å². The topological polar surface area (TPSA) is 124 Å². The molecule has 2 amide bonds. The molecule has 0 spiro atoms. The molecule has 3 aliphatic heterocycles. The van der Waals surface area contributed by atoms with E-state index in [1.807, 2.05) is 33.7 Å². The third-order valence-corrected chi connectivity index (χ3v) is 9.49. The smallest absolute Gasteiger partial charge is 0.317 e. The van der Waals surface area contributed by atoms with E-state index >= 15 is 4.39 Å². The third kappa shape index (κ3) is 5.86. The van der Waals surface area contributed by atoms with Gasteiger partial charge in [0, 0.05) is 67.7 Å². The second kappa shape index (κ2) is 12.1. The fourth-order valence-corrected chi connectivity index (χ4v) is 7.05. The Morgan fingerprint density at radius 3 is 2.53 bits per heavy atom. The number of piperazine rings is 1. The predicted octanol–water partition coefficient (Wildman–Crippen LogP) is 3.63. The Labute approximate surface area is 262 Å². The van der Waals surface area contributed by atoms with Crippen LogP contribution in [0.5, 0.6) is 0 Å². The molecule has 5 heterocycles. The lowest BCUT2D eigenvalue weighted by molar-refractivity contribution is -0.138. The summed E-state index contributed by atoms with van der Waals surface area (Å²) in [5, 5.41) is 14.0. The zero-order valence-corrected chi connectivity index (χ0v) is 25.3. The van der Waals surface area contributed by atoms with Gasteiger partial charge in [-0.1, -0.05) is 24.3 Å². The van der Waals surface area contributed by atoms with Crippen LogP contribution in [0.4, 0.5) is 9.52 Å². The number of anilines is 1. The molecule has 0 aliphatic carbocycles. The average molecular weight is 630 g/mol. The summed E-state index contributed by atoms with van der Waals surface area (Å²) in [7, 11) is 0. The highest BCUT2D eigenvalue weighted by Gasteiger charge is 2.42. The summed E-state index contributed by atoms with van der Waals surface area (Å²) in [6.45, 7) is 4.55. The number of amides is 2. The number of halogens is 1. The number of carbonyl (C=O) groups excluding carboxylic acids is 2. The fourth-order valence-electron chi connectivity index (χ4n) is 6.52. The van der Waals surface area contributed by atoms with Crippen molar-refractivity contribution in [2.45, 2.75) is 38.5 Å². The van der Waals surface area contributed by atoms with E-state index in [2.05, 4.69) is 20.2 Å². The Morgan fingerprint density at radius 1 is 1.02 bits per heavy atom. The highest BCUT2D eigenvalue weighted by Crippen LogP contribution is 2.38. The van der Waals surface area contributed by atoms with Crippen LogP contribution in [0.15, 0.2) is 54.3 Å². The molecule has 1 saturated heterocycles. The van der Waals surface area contributed by atoms with Gasteiger partial charge in [0.15, 0.2) is 11.2 Å². The van der Waals surface area contributed by atoms with Crippen molar-refractivity contribution in [3.8, 4) is 11.1 Å². The molecule has 11 nitrogen and oxygen atoms in total. The first kappa shape index (κ1) is 29.3. The molecule has 232 valence electrons. The molecular formula is C32H32FN7O4S. The molecule has 7 rings (SSSR count). The lowest BCUT2D eigenvalue weighted by Crippen LogP contribution is -2.47. The molecule has 2 aromatic heterocycles. The number of aromatic nitrogens is 3. The van der Waals surface area contributed by atoms with E-state index in [0.717, 1.165) is 55.8 Å². The first-order valence-corrected chi connectivity index (χ1v) is 15.9. The number of fused-ring (bicyclic) bond motifs is 2. The average Bonchev–Trinajstić information content (AvgIpc) is 3.83. The Kier molecular flexibility index (Phi) is 7.90. The maximum Gasteiger partial charge on any atom is 0.317 e. The number of carboxylic acid groups (broad SMARTS) is 1. The lowest BCUT2D eigenvalue weighted by Gasteiger charge is -2.33. The second-order valence-electron chi connectivity index (χ2n) is 11.7. The van der Waals surface area contributed by atoms with Gasteiger partial charge in [0.25, 0.3) is 11.8 Å². The summed E-state index contributed by atoms with van der Waals surface area (Å²) < 4.78 is 17.7. The van der Waals surface area contributed by atoms with Crippen molar-refractivity contribution in [1.82, 2.24) is 29.2 Å². The number of nitrogens with zero attached hydrogens (tertiary/aromatic N) is 6. The van der Waals surface area contributed by atoms with Crippen LogP contribution in [0.3, 0.4) is 0 Å². The van der Waals surface area contributed by atoms with E-state index in [4.69, 9.17) is 5.11 Å². The van der Waals surface area contributed by atoms with Gasteiger partial charge in [0.05, 0.1) is 25.1 Å². The van der Waals surface area contributed by atoms with E-state index in [0.29, 0.717) is 29.5 Å². The molecule has 1 unspecified atom stereocenters. The lowest BCUT2D eigenvalue weighted by atomic mass is 9.99. The van der Waals surface area contributed by atoms with Gasteiger partial charge in [-0.3, -0.25) is 29.5 Å². The van der Waals surface area contributed by atoms with E-state index in [-0.39, 0.29) is 24.2 Å². The number of imidazole rings is 1. The number of thiazole rings is 1. The van der Waals surface area contributed by atoms with Crippen LogP contribution in [0.2, 0.25) is 0 Å². The van der Waals surface area contributed by atoms with Crippen molar-refractivity contribution in [3.63, 3.8) is 0 Å². The molecule has 2 aromatic carbocycles. The van der Waals surface area contributed by atoms with E-state index < -0.39 is 29.6 Å². The van der Waals surface area contributed by atoms with Gasteiger partial charge in [-0.15, -0.1) is 11.3 Å². The third-order valence-electron chi connectivity index (χ3n) is 8.81. The normalized spacial score (nSPS) is 17.4. The Hall–Kier alpha value is -4.46. The zero-order valence-electron chi connectivity index (χ0n) is 24.5. The summed E-state index contributed by atoms with van der Waals surface area (Å²) in [4.78, 5) is 52.9. The van der Waals surface area contributed by atoms with Gasteiger partial charge in [0.2, 0.25) is 0 Å². The van der Waals surface area contributed by atoms with Gasteiger partial charge >= 0.3 is 5.97 Å². The number of carboxylic acids is 1. The summed E-state index contributed by atoms with van der Waals surface area (Å²) in [5.74, 6) is -2.15. The molecule has 1 fully saturated rings. The van der Waals surface area contributed by atoms with E-state index in [1.54, 1.807) is 24.0 Å². The van der Waals surface area contributed by atoms with Gasteiger partial charge in [-0.2, -0.15) is 0 Å². The van der Waals surface area contributed by atoms with E-state index in [1.165, 1.54) is 22.3 Å². The highest BCUT2D eigenvalue weighted by atomic mass is 32.1. The van der Waals surface area contributed by atoms with Crippen molar-refractivity contribution in [3.05, 3.63) is 88.2 Å². The fraction of sp³-hybridized carbons (Fsp3) is 0.344. The van der Waals surface area contributed by atoms with Crippen molar-refractivity contribution >= 4 is 34.3 Å². The molecule has 1 atom stereocenters. The van der Waals surface area contributed by atoms with Gasteiger partial charge in [-0.25, -0.2) is 14.4 Å². The standard InChI is InChI=1S/C32H32FN7O4S/c33-25-15-22(21-5-3-20(4-6-21)16-37-9-11-38(12-10-37)18-27(41)42)14-23-24(25)17-40(31(23)44)29(30(43)36-32-34-7-13-45-32)28-26-2-1-8-39(26)19-35-28/h3-7,13-15,19,29H,1-2,8-12,16-18H2,(H,41,42)(H,34,36,43). The maximum absolute atomic E-state index is 15.7. The largest absolute Gasteiger partial charge is 0.480 e. The minimum Gasteiger partial charge on any atom is -0.480 e. The molecule has 2 N–H and O–H groups in total. The molecule has 0 radical (unpaired) electrons. The van der Waals surface area contributed by atoms with Crippen LogP contribution in [0.1, 0.15) is 45.3 Å². The molecule has 0 bridgehead atoms. The highest BCUT2D eigenvalue weighted by molar-refractivity contribution is 7.13. The number of aliphatic carboxylic acids is 1. The number of nitrogens with one attached hydrogen (secondary N) is 1. The van der Waals surface area contributed by atoms with E-state index in [9.17, 15) is 14.4 Å². The monoisotopic (exact) mass is 629 g/mol. The van der Waals surface area contributed by atoms with Crippen LogP contribution >= 0.6 is 11.3 Å². The molecular weight excluding hydrogens is 597 g/mol. The molecule has 4 aromatic rings. The molecule has 13 heteroatoms. The minimum atomic E-state index is -1.03. The predicted molar refractivity (Wildman–Crippen MR) is 165 cm³/mol. The van der Waals surface area contributed by atoms with Gasteiger partial charge < -0.3 is 14.6 Å². The number of rotatable bonds is 9. The molecule has 3 aliphatic rings. The Bertz CT molecular complexity index is 1750.